The molecule has 0 saturated heterocycles. The van der Waals surface area contributed by atoms with E-state index in [-0.39, 0.29) is 0 Å². The predicted molar refractivity (Wildman–Crippen MR) is 60.9 cm³/mol. The van der Waals surface area contributed by atoms with E-state index in [0.717, 1.165) is 11.3 Å². The quantitative estimate of drug-likeness (QED) is 0.754. The van der Waals surface area contributed by atoms with Gasteiger partial charge in [-0.3, -0.25) is 0 Å². The fraction of sp³-hybridized carbons (Fsp3) is 0.462. The smallest absolute Gasteiger partial charge is 0.123 e. The molecule has 0 fully saturated rings. The lowest BCUT2D eigenvalue weighted by Crippen LogP contribution is -2.27. The summed E-state index contributed by atoms with van der Waals surface area (Å²) in [4.78, 5) is 0. The van der Waals surface area contributed by atoms with Crippen LogP contribution in [0.2, 0.25) is 0 Å². The van der Waals surface area contributed by atoms with Gasteiger partial charge in [-0.1, -0.05) is 17.7 Å². The number of aryl methyl sites for hydroxylation is 2. The summed E-state index contributed by atoms with van der Waals surface area (Å²) in [5, 5.41) is 8.66. The Balaban J connectivity index is 2.86. The van der Waals surface area contributed by atoms with Crippen molar-refractivity contribution in [1.82, 2.24) is 0 Å². The summed E-state index contributed by atoms with van der Waals surface area (Å²) in [5.74, 6) is 0.862. The highest BCUT2D eigenvalue weighted by atomic mass is 16.5. The number of nitriles is 1. The van der Waals surface area contributed by atoms with E-state index in [2.05, 4.69) is 19.1 Å². The summed E-state index contributed by atoms with van der Waals surface area (Å²) < 4.78 is 5.81. The van der Waals surface area contributed by atoms with Crippen molar-refractivity contribution < 1.29 is 4.74 Å². The lowest BCUT2D eigenvalue weighted by Gasteiger charge is -2.24. The molecule has 2 heteroatoms. The van der Waals surface area contributed by atoms with Crippen molar-refractivity contribution in [2.75, 3.05) is 0 Å². The van der Waals surface area contributed by atoms with Crippen LogP contribution in [0.4, 0.5) is 0 Å². The first kappa shape index (κ1) is 11.6. The molecule has 1 rings (SSSR count). The molecule has 0 bridgehead atoms. The zero-order valence-electron chi connectivity index (χ0n) is 9.79. The van der Waals surface area contributed by atoms with Gasteiger partial charge in [-0.05, 0) is 39.3 Å². The Morgan fingerprint density at radius 1 is 1.33 bits per heavy atom. The zero-order valence-corrected chi connectivity index (χ0v) is 9.79. The van der Waals surface area contributed by atoms with E-state index in [1.807, 2.05) is 32.9 Å². The van der Waals surface area contributed by atoms with Gasteiger partial charge < -0.3 is 4.74 Å². The van der Waals surface area contributed by atoms with Gasteiger partial charge in [0.25, 0.3) is 0 Å². The van der Waals surface area contributed by atoms with Gasteiger partial charge in [0, 0.05) is 0 Å². The van der Waals surface area contributed by atoms with Crippen molar-refractivity contribution in [1.29, 1.82) is 5.26 Å². The van der Waals surface area contributed by atoms with E-state index >= 15 is 0 Å². The van der Waals surface area contributed by atoms with Crippen LogP contribution in [0.15, 0.2) is 18.2 Å². The molecule has 0 aliphatic heterocycles. The van der Waals surface area contributed by atoms with Crippen LogP contribution in [0.5, 0.6) is 5.75 Å². The van der Waals surface area contributed by atoms with Gasteiger partial charge in [-0.25, -0.2) is 0 Å². The molecule has 80 valence electrons. The lowest BCUT2D eigenvalue weighted by atomic mass is 10.1. The normalized spacial score (nSPS) is 10.9. The summed E-state index contributed by atoms with van der Waals surface area (Å²) in [7, 11) is 0. The molecular formula is C13H17NO. The standard InChI is InChI=1S/C13H17NO/c1-10-5-6-12(11(2)9-10)15-13(3,4)7-8-14/h5-6,9H,7H2,1-4H3. The van der Waals surface area contributed by atoms with E-state index in [1.165, 1.54) is 5.56 Å². The minimum absolute atomic E-state index is 0.389. The highest BCUT2D eigenvalue weighted by molar-refractivity contribution is 5.36. The van der Waals surface area contributed by atoms with Crippen LogP contribution in [0, 0.1) is 25.2 Å². The number of ether oxygens (including phenoxy) is 1. The second-order valence-corrected chi connectivity index (χ2v) is 4.47. The summed E-state index contributed by atoms with van der Waals surface area (Å²) in [6.45, 7) is 7.92. The summed E-state index contributed by atoms with van der Waals surface area (Å²) in [6.07, 6.45) is 0.389. The second kappa shape index (κ2) is 4.35. The van der Waals surface area contributed by atoms with Crippen molar-refractivity contribution in [2.24, 2.45) is 0 Å². The number of hydrogen-bond donors (Lipinski definition) is 0. The highest BCUT2D eigenvalue weighted by Crippen LogP contribution is 2.25. The SMILES string of the molecule is Cc1ccc(OC(C)(C)CC#N)c(C)c1. The Labute approximate surface area is 91.5 Å². The molecule has 0 aromatic heterocycles. The molecule has 0 radical (unpaired) electrons. The number of rotatable bonds is 3. The molecule has 0 atom stereocenters. The van der Waals surface area contributed by atoms with Crippen molar-refractivity contribution >= 4 is 0 Å². The molecular weight excluding hydrogens is 186 g/mol. The van der Waals surface area contributed by atoms with Crippen LogP contribution in [0.1, 0.15) is 31.4 Å². The molecule has 1 aromatic carbocycles. The maximum Gasteiger partial charge on any atom is 0.123 e. The summed E-state index contributed by atoms with van der Waals surface area (Å²) >= 11 is 0. The van der Waals surface area contributed by atoms with Crippen molar-refractivity contribution in [3.63, 3.8) is 0 Å². The number of benzene rings is 1. The zero-order chi connectivity index (χ0) is 11.5. The van der Waals surface area contributed by atoms with Gasteiger partial charge in [-0.15, -0.1) is 0 Å². The molecule has 15 heavy (non-hydrogen) atoms. The fourth-order valence-electron chi connectivity index (χ4n) is 1.44. The molecule has 0 spiro atoms. The highest BCUT2D eigenvalue weighted by Gasteiger charge is 2.20. The third-order valence-electron chi connectivity index (χ3n) is 2.22. The van der Waals surface area contributed by atoms with Gasteiger partial charge in [0.05, 0.1) is 12.5 Å². The molecule has 0 amide bonds. The largest absolute Gasteiger partial charge is 0.487 e. The Morgan fingerprint density at radius 3 is 2.53 bits per heavy atom. The van der Waals surface area contributed by atoms with Crippen LogP contribution in [-0.4, -0.2) is 5.60 Å². The summed E-state index contributed by atoms with van der Waals surface area (Å²) in [5.41, 5.74) is 1.91. The van der Waals surface area contributed by atoms with Gasteiger partial charge in [0.2, 0.25) is 0 Å². The van der Waals surface area contributed by atoms with Crippen molar-refractivity contribution in [2.45, 2.75) is 39.7 Å². The predicted octanol–water partition coefficient (Wildman–Crippen LogP) is 3.37. The van der Waals surface area contributed by atoms with Gasteiger partial charge >= 0.3 is 0 Å². The van der Waals surface area contributed by atoms with Gasteiger partial charge in [-0.2, -0.15) is 5.26 Å². The molecule has 1 aromatic rings. The number of nitrogens with zero attached hydrogens (tertiary/aromatic N) is 1. The Hall–Kier alpha value is -1.49. The first-order valence-corrected chi connectivity index (χ1v) is 5.08. The first-order chi connectivity index (χ1) is 6.94. The fourth-order valence-corrected chi connectivity index (χ4v) is 1.44. The minimum Gasteiger partial charge on any atom is -0.487 e. The second-order valence-electron chi connectivity index (χ2n) is 4.47. The molecule has 0 aliphatic rings. The van der Waals surface area contributed by atoms with Crippen LogP contribution < -0.4 is 4.74 Å². The monoisotopic (exact) mass is 203 g/mol. The molecule has 0 N–H and O–H groups in total. The van der Waals surface area contributed by atoms with E-state index in [0.29, 0.717) is 6.42 Å². The third kappa shape index (κ3) is 3.28. The Bertz CT molecular complexity index is 388. The van der Waals surface area contributed by atoms with E-state index in [9.17, 15) is 0 Å². The third-order valence-corrected chi connectivity index (χ3v) is 2.22. The van der Waals surface area contributed by atoms with Crippen molar-refractivity contribution in [3.05, 3.63) is 29.3 Å². The lowest BCUT2D eigenvalue weighted by molar-refractivity contribution is 0.114. The van der Waals surface area contributed by atoms with Crippen LogP contribution in [-0.2, 0) is 0 Å². The minimum atomic E-state index is -0.422. The maximum absolute atomic E-state index is 8.66. The van der Waals surface area contributed by atoms with E-state index < -0.39 is 5.60 Å². The molecule has 2 nitrogen and oxygen atoms in total. The molecule has 0 unspecified atom stereocenters. The van der Waals surface area contributed by atoms with Gasteiger partial charge in [0.1, 0.15) is 11.4 Å². The van der Waals surface area contributed by atoms with Crippen molar-refractivity contribution in [3.8, 4) is 11.8 Å². The summed E-state index contributed by atoms with van der Waals surface area (Å²) in [6, 6.07) is 8.20. The molecule has 0 heterocycles. The van der Waals surface area contributed by atoms with Gasteiger partial charge in [0.15, 0.2) is 0 Å². The Morgan fingerprint density at radius 2 is 2.00 bits per heavy atom. The maximum atomic E-state index is 8.66. The molecule has 0 saturated carbocycles. The average Bonchev–Trinajstić information content (AvgIpc) is 2.09. The van der Waals surface area contributed by atoms with Crippen LogP contribution >= 0.6 is 0 Å². The van der Waals surface area contributed by atoms with Crippen LogP contribution in [0.25, 0.3) is 0 Å². The Kier molecular flexibility index (Phi) is 3.36. The number of hydrogen-bond acceptors (Lipinski definition) is 2. The average molecular weight is 203 g/mol. The topological polar surface area (TPSA) is 33.0 Å². The van der Waals surface area contributed by atoms with Crippen LogP contribution in [0.3, 0.4) is 0 Å². The van der Waals surface area contributed by atoms with E-state index in [4.69, 9.17) is 10.00 Å². The molecule has 0 aliphatic carbocycles. The first-order valence-electron chi connectivity index (χ1n) is 5.08. The van der Waals surface area contributed by atoms with E-state index in [1.54, 1.807) is 0 Å².